The normalized spacial score (nSPS) is 11.3. The van der Waals surface area contributed by atoms with Gasteiger partial charge in [0, 0.05) is 22.5 Å². The molecule has 1 heterocycles. The Labute approximate surface area is 195 Å². The number of nitrogens with one attached hydrogen (secondary N) is 2. The SMILES string of the molecule is COC(=O)c1cc(NC(=O)c2cccc(C(F)(F)F)c2)c(=O)oc1/C=C/Nc1cccc(Cl)c1. The van der Waals surface area contributed by atoms with E-state index in [-0.39, 0.29) is 16.9 Å². The van der Waals surface area contributed by atoms with E-state index in [2.05, 4.69) is 15.4 Å². The molecule has 0 aliphatic heterocycles. The van der Waals surface area contributed by atoms with Crippen molar-refractivity contribution in [1.29, 1.82) is 0 Å². The number of anilines is 2. The van der Waals surface area contributed by atoms with Gasteiger partial charge in [0.25, 0.3) is 5.91 Å². The highest BCUT2D eigenvalue weighted by atomic mass is 35.5. The fourth-order valence-electron chi connectivity index (χ4n) is 2.79. The van der Waals surface area contributed by atoms with Crippen LogP contribution in [0.4, 0.5) is 24.5 Å². The van der Waals surface area contributed by atoms with Crippen molar-refractivity contribution in [1.82, 2.24) is 0 Å². The Balaban J connectivity index is 1.88. The van der Waals surface area contributed by atoms with Crippen molar-refractivity contribution in [3.05, 3.63) is 98.7 Å². The maximum Gasteiger partial charge on any atom is 0.416 e. The van der Waals surface area contributed by atoms with Crippen LogP contribution in [0.3, 0.4) is 0 Å². The zero-order valence-electron chi connectivity index (χ0n) is 17.4. The van der Waals surface area contributed by atoms with E-state index in [9.17, 15) is 27.6 Å². The molecule has 0 aliphatic carbocycles. The van der Waals surface area contributed by atoms with Gasteiger partial charge < -0.3 is 19.8 Å². The van der Waals surface area contributed by atoms with Crippen LogP contribution in [-0.2, 0) is 10.9 Å². The largest absolute Gasteiger partial charge is 0.465 e. The van der Waals surface area contributed by atoms with Gasteiger partial charge in [-0.25, -0.2) is 9.59 Å². The number of halogens is 4. The van der Waals surface area contributed by atoms with Crippen molar-refractivity contribution in [3.8, 4) is 0 Å². The number of amides is 1. The minimum Gasteiger partial charge on any atom is -0.465 e. The van der Waals surface area contributed by atoms with Gasteiger partial charge in [-0.3, -0.25) is 4.79 Å². The van der Waals surface area contributed by atoms with Gasteiger partial charge in [-0.1, -0.05) is 23.7 Å². The summed E-state index contributed by atoms with van der Waals surface area (Å²) in [6.07, 6.45) is -1.98. The topological polar surface area (TPSA) is 97.6 Å². The fraction of sp³-hybridized carbons (Fsp3) is 0.0870. The monoisotopic (exact) mass is 492 g/mol. The number of hydrogen-bond donors (Lipinski definition) is 2. The quantitative estimate of drug-likeness (QED) is 0.445. The van der Waals surface area contributed by atoms with Crippen molar-refractivity contribution in [2.45, 2.75) is 6.18 Å². The second kappa shape index (κ2) is 10.3. The van der Waals surface area contributed by atoms with Crippen molar-refractivity contribution in [2.24, 2.45) is 0 Å². The lowest BCUT2D eigenvalue weighted by molar-refractivity contribution is -0.137. The fourth-order valence-corrected chi connectivity index (χ4v) is 2.98. The average molecular weight is 493 g/mol. The number of esters is 1. The van der Waals surface area contributed by atoms with Crippen LogP contribution in [-0.4, -0.2) is 19.0 Å². The predicted octanol–water partition coefficient (Wildman–Crippen LogP) is 5.43. The molecule has 2 N–H and O–H groups in total. The highest BCUT2D eigenvalue weighted by molar-refractivity contribution is 6.30. The summed E-state index contributed by atoms with van der Waals surface area (Å²) in [5.41, 5.74) is -2.45. The molecule has 0 bridgehead atoms. The third kappa shape index (κ3) is 6.04. The van der Waals surface area contributed by atoms with Crippen LogP contribution in [0.15, 0.2) is 70.0 Å². The molecule has 0 spiro atoms. The number of hydrogen-bond acceptors (Lipinski definition) is 6. The predicted molar refractivity (Wildman–Crippen MR) is 120 cm³/mol. The van der Waals surface area contributed by atoms with E-state index in [1.807, 2.05) is 0 Å². The van der Waals surface area contributed by atoms with Gasteiger partial charge >= 0.3 is 17.8 Å². The summed E-state index contributed by atoms with van der Waals surface area (Å²) in [6, 6.07) is 11.4. The lowest BCUT2D eigenvalue weighted by Crippen LogP contribution is -2.20. The summed E-state index contributed by atoms with van der Waals surface area (Å²) in [4.78, 5) is 37.0. The van der Waals surface area contributed by atoms with E-state index in [0.717, 1.165) is 31.4 Å². The number of alkyl halides is 3. The summed E-state index contributed by atoms with van der Waals surface area (Å²) in [5, 5.41) is 5.53. The smallest absolute Gasteiger partial charge is 0.416 e. The van der Waals surface area contributed by atoms with Crippen molar-refractivity contribution < 1.29 is 31.9 Å². The standard InChI is InChI=1S/C23H16ClF3N2O5/c1-33-21(31)17-12-18(29-20(30)13-4-2-5-14(10-13)23(25,26)27)22(32)34-19(17)8-9-28-16-7-3-6-15(24)11-16/h2-12,28H,1H3,(H,29,30)/b9-8+. The Morgan fingerprint density at radius 3 is 2.50 bits per heavy atom. The molecule has 0 aliphatic rings. The number of methoxy groups -OCH3 is 1. The van der Waals surface area contributed by atoms with E-state index in [1.54, 1.807) is 24.3 Å². The summed E-state index contributed by atoms with van der Waals surface area (Å²) in [6.45, 7) is 0. The summed E-state index contributed by atoms with van der Waals surface area (Å²) in [7, 11) is 1.10. The first-order valence-electron chi connectivity index (χ1n) is 9.52. The van der Waals surface area contributed by atoms with Crippen LogP contribution in [0.1, 0.15) is 32.0 Å². The molecule has 1 aromatic heterocycles. The maximum absolute atomic E-state index is 12.9. The van der Waals surface area contributed by atoms with E-state index >= 15 is 0 Å². The highest BCUT2D eigenvalue weighted by Gasteiger charge is 2.31. The van der Waals surface area contributed by atoms with Crippen molar-refractivity contribution >= 4 is 40.9 Å². The van der Waals surface area contributed by atoms with E-state index in [0.29, 0.717) is 16.8 Å². The molecule has 0 radical (unpaired) electrons. The van der Waals surface area contributed by atoms with Crippen LogP contribution in [0, 0.1) is 0 Å². The molecule has 0 saturated heterocycles. The number of benzene rings is 2. The number of carbonyl (C=O) groups is 2. The molecular formula is C23H16ClF3N2O5. The minimum absolute atomic E-state index is 0.177. The van der Waals surface area contributed by atoms with Crippen LogP contribution >= 0.6 is 11.6 Å². The minimum atomic E-state index is -4.65. The summed E-state index contributed by atoms with van der Waals surface area (Å²) >= 11 is 5.91. The molecule has 11 heteroatoms. The molecule has 7 nitrogen and oxygen atoms in total. The maximum atomic E-state index is 12.9. The first-order chi connectivity index (χ1) is 16.1. The lowest BCUT2D eigenvalue weighted by atomic mass is 10.1. The first-order valence-corrected chi connectivity index (χ1v) is 9.90. The Bertz CT molecular complexity index is 1320. The molecule has 0 fully saturated rings. The van der Waals surface area contributed by atoms with Gasteiger partial charge in [0.2, 0.25) is 0 Å². The van der Waals surface area contributed by atoms with E-state index < -0.39 is 34.9 Å². The highest BCUT2D eigenvalue weighted by Crippen LogP contribution is 2.29. The van der Waals surface area contributed by atoms with Crippen LogP contribution in [0.5, 0.6) is 0 Å². The average Bonchev–Trinajstić information content (AvgIpc) is 2.79. The molecule has 3 aromatic rings. The number of ether oxygens (including phenoxy) is 1. The van der Waals surface area contributed by atoms with E-state index in [4.69, 9.17) is 16.0 Å². The second-order valence-corrected chi connectivity index (χ2v) is 7.17. The molecule has 34 heavy (non-hydrogen) atoms. The van der Waals surface area contributed by atoms with Gasteiger partial charge in [0.1, 0.15) is 17.0 Å². The van der Waals surface area contributed by atoms with Crippen LogP contribution in [0.25, 0.3) is 6.08 Å². The Morgan fingerprint density at radius 2 is 1.82 bits per heavy atom. The number of rotatable bonds is 6. The van der Waals surface area contributed by atoms with E-state index in [1.165, 1.54) is 12.3 Å². The van der Waals surface area contributed by atoms with Gasteiger partial charge in [0.05, 0.1) is 12.7 Å². The Kier molecular flexibility index (Phi) is 7.42. The lowest BCUT2D eigenvalue weighted by Gasteiger charge is -2.10. The molecule has 176 valence electrons. The molecule has 1 amide bonds. The molecule has 0 atom stereocenters. The molecule has 2 aromatic carbocycles. The zero-order chi connectivity index (χ0) is 24.9. The molecular weight excluding hydrogens is 477 g/mol. The third-order valence-electron chi connectivity index (χ3n) is 4.39. The van der Waals surface area contributed by atoms with Crippen molar-refractivity contribution in [3.63, 3.8) is 0 Å². The molecule has 0 saturated carbocycles. The Morgan fingerprint density at radius 1 is 1.09 bits per heavy atom. The molecule has 3 rings (SSSR count). The van der Waals surface area contributed by atoms with Gasteiger partial charge in [0.15, 0.2) is 0 Å². The van der Waals surface area contributed by atoms with Gasteiger partial charge in [-0.05, 0) is 48.5 Å². The third-order valence-corrected chi connectivity index (χ3v) is 4.63. The summed E-state index contributed by atoms with van der Waals surface area (Å²) < 4.78 is 48.6. The van der Waals surface area contributed by atoms with Crippen molar-refractivity contribution in [2.75, 3.05) is 17.7 Å². The van der Waals surface area contributed by atoms with Crippen LogP contribution < -0.4 is 16.3 Å². The summed E-state index contributed by atoms with van der Waals surface area (Å²) in [5.74, 6) is -2.05. The Hall–Kier alpha value is -4.05. The second-order valence-electron chi connectivity index (χ2n) is 6.74. The van der Waals surface area contributed by atoms with Gasteiger partial charge in [-0.2, -0.15) is 13.2 Å². The molecule has 0 unspecified atom stereocenters. The first kappa shape index (κ1) is 24.6. The zero-order valence-corrected chi connectivity index (χ0v) is 18.2. The van der Waals surface area contributed by atoms with Crippen LogP contribution in [0.2, 0.25) is 5.02 Å². The van der Waals surface area contributed by atoms with Gasteiger partial charge in [-0.15, -0.1) is 0 Å². The number of carbonyl (C=O) groups excluding carboxylic acids is 2.